The highest BCUT2D eigenvalue weighted by atomic mass is 16.1. The third kappa shape index (κ3) is 4.26. The van der Waals surface area contributed by atoms with E-state index in [1.54, 1.807) is 0 Å². The second-order valence-electron chi connectivity index (χ2n) is 6.27. The van der Waals surface area contributed by atoms with Crippen molar-refractivity contribution >= 4 is 5.78 Å². The molecule has 0 aliphatic heterocycles. The number of rotatable bonds is 5. The molecule has 1 unspecified atom stereocenters. The molecule has 4 nitrogen and oxygen atoms in total. The Morgan fingerprint density at radius 2 is 2.06 bits per heavy atom. The summed E-state index contributed by atoms with van der Waals surface area (Å²) in [5.74, 6) is 0.159. The molecule has 0 saturated heterocycles. The molecule has 0 spiro atoms. The van der Waals surface area contributed by atoms with Crippen molar-refractivity contribution in [1.82, 2.24) is 9.78 Å². The molecule has 4 heteroatoms. The predicted octanol–water partition coefficient (Wildman–Crippen LogP) is 2.34. The van der Waals surface area contributed by atoms with Gasteiger partial charge in [-0.2, -0.15) is 5.10 Å². The molecule has 1 heterocycles. The van der Waals surface area contributed by atoms with Crippen LogP contribution in [0.5, 0.6) is 0 Å². The molecule has 102 valence electrons. The second kappa shape index (κ2) is 5.65. The summed E-state index contributed by atoms with van der Waals surface area (Å²) in [6.07, 6.45) is 2.71. The van der Waals surface area contributed by atoms with Gasteiger partial charge in [0.05, 0.1) is 12.1 Å². The van der Waals surface area contributed by atoms with Crippen LogP contribution >= 0.6 is 0 Å². The molecule has 0 aromatic carbocycles. The van der Waals surface area contributed by atoms with E-state index in [2.05, 4.69) is 39.7 Å². The van der Waals surface area contributed by atoms with E-state index >= 15 is 0 Å². The van der Waals surface area contributed by atoms with Crippen LogP contribution < -0.4 is 5.73 Å². The summed E-state index contributed by atoms with van der Waals surface area (Å²) < 4.78 is 1.87. The van der Waals surface area contributed by atoms with Crippen LogP contribution in [0, 0.1) is 5.41 Å². The number of hydrogen-bond acceptors (Lipinski definition) is 3. The van der Waals surface area contributed by atoms with E-state index in [0.29, 0.717) is 18.9 Å². The second-order valence-corrected chi connectivity index (χ2v) is 6.27. The zero-order chi connectivity index (χ0) is 13.9. The summed E-state index contributed by atoms with van der Waals surface area (Å²) in [5, 5.41) is 4.37. The number of Topliss-reactive ketones (excluding diaryl/α,β-unsaturated/α-hetero) is 1. The Morgan fingerprint density at radius 3 is 2.50 bits per heavy atom. The minimum absolute atomic E-state index is 0.0348. The van der Waals surface area contributed by atoms with Crippen LogP contribution in [0.4, 0.5) is 0 Å². The van der Waals surface area contributed by atoms with Crippen LogP contribution in [0.15, 0.2) is 12.3 Å². The molecule has 1 aromatic heterocycles. The number of hydrogen-bond donors (Lipinski definition) is 1. The van der Waals surface area contributed by atoms with Gasteiger partial charge in [0, 0.05) is 24.7 Å². The molecule has 0 radical (unpaired) electrons. The lowest BCUT2D eigenvalue weighted by atomic mass is 9.84. The zero-order valence-electron chi connectivity index (χ0n) is 12.1. The van der Waals surface area contributed by atoms with Gasteiger partial charge in [0.25, 0.3) is 0 Å². The molecule has 1 aromatic rings. The smallest absolute Gasteiger partial charge is 0.140 e. The number of carbonyl (C=O) groups is 1. The Hall–Kier alpha value is -1.16. The fourth-order valence-electron chi connectivity index (χ4n) is 1.58. The monoisotopic (exact) mass is 251 g/mol. The average Bonchev–Trinajstić information content (AvgIpc) is 2.64. The molecule has 0 aliphatic rings. The third-order valence-corrected chi connectivity index (χ3v) is 3.13. The lowest BCUT2D eigenvalue weighted by Gasteiger charge is -2.26. The number of carbonyl (C=O) groups excluding carboxylic acids is 1. The predicted molar refractivity (Wildman–Crippen MR) is 73.4 cm³/mol. The first kappa shape index (κ1) is 14.9. The molecule has 0 fully saturated rings. The highest BCUT2D eigenvalue weighted by Gasteiger charge is 2.23. The van der Waals surface area contributed by atoms with Crippen LogP contribution in [-0.2, 0) is 11.2 Å². The first-order valence-electron chi connectivity index (χ1n) is 6.51. The van der Waals surface area contributed by atoms with E-state index in [4.69, 9.17) is 5.73 Å². The molecule has 2 N–H and O–H groups in total. The highest BCUT2D eigenvalue weighted by molar-refractivity contribution is 5.81. The molecule has 18 heavy (non-hydrogen) atoms. The van der Waals surface area contributed by atoms with Gasteiger partial charge >= 0.3 is 0 Å². The Kier molecular flexibility index (Phi) is 4.68. The summed E-state index contributed by atoms with van der Waals surface area (Å²) in [4.78, 5) is 11.9. The van der Waals surface area contributed by atoms with Gasteiger partial charge in [0.1, 0.15) is 5.78 Å². The van der Waals surface area contributed by atoms with Crippen molar-refractivity contribution in [2.75, 3.05) is 0 Å². The molecular formula is C14H25N3O. The number of aromatic nitrogens is 2. The van der Waals surface area contributed by atoms with Crippen LogP contribution in [0.1, 0.15) is 52.8 Å². The van der Waals surface area contributed by atoms with Gasteiger partial charge in [-0.25, -0.2) is 0 Å². The molecule has 0 bridgehead atoms. The van der Waals surface area contributed by atoms with E-state index in [9.17, 15) is 4.79 Å². The summed E-state index contributed by atoms with van der Waals surface area (Å²) in [7, 11) is 0. The summed E-state index contributed by atoms with van der Waals surface area (Å²) in [6, 6.07) is 2.13. The SMILES string of the molecule is CC(C)n1ccc(CC(=O)CC(N)C(C)(C)C)n1. The number of nitrogens with zero attached hydrogens (tertiary/aromatic N) is 2. The fourth-order valence-corrected chi connectivity index (χ4v) is 1.58. The van der Waals surface area contributed by atoms with Crippen molar-refractivity contribution < 1.29 is 4.79 Å². The Labute approximate surface area is 110 Å². The van der Waals surface area contributed by atoms with Gasteiger partial charge in [0.2, 0.25) is 0 Å². The molecule has 0 saturated carbocycles. The summed E-state index contributed by atoms with van der Waals surface area (Å²) >= 11 is 0. The zero-order valence-corrected chi connectivity index (χ0v) is 12.1. The van der Waals surface area contributed by atoms with Crippen molar-refractivity contribution in [3.05, 3.63) is 18.0 Å². The lowest BCUT2D eigenvalue weighted by Crippen LogP contribution is -2.37. The molecule has 1 rings (SSSR count). The summed E-state index contributed by atoms with van der Waals surface area (Å²) in [6.45, 7) is 10.3. The van der Waals surface area contributed by atoms with E-state index < -0.39 is 0 Å². The van der Waals surface area contributed by atoms with Gasteiger partial charge in [-0.3, -0.25) is 9.48 Å². The van der Waals surface area contributed by atoms with Crippen LogP contribution in [-0.4, -0.2) is 21.6 Å². The van der Waals surface area contributed by atoms with E-state index in [1.165, 1.54) is 0 Å². The summed E-state index contributed by atoms with van der Waals surface area (Å²) in [5.41, 5.74) is 6.81. The van der Waals surface area contributed by atoms with Crippen LogP contribution in [0.25, 0.3) is 0 Å². The van der Waals surface area contributed by atoms with Crippen LogP contribution in [0.3, 0.4) is 0 Å². The molecule has 1 atom stereocenters. The van der Waals surface area contributed by atoms with Gasteiger partial charge < -0.3 is 5.73 Å². The normalized spacial score (nSPS) is 13.9. The van der Waals surface area contributed by atoms with Gasteiger partial charge in [-0.1, -0.05) is 20.8 Å². The Balaban J connectivity index is 2.54. The fraction of sp³-hybridized carbons (Fsp3) is 0.714. The first-order chi connectivity index (χ1) is 8.20. The Morgan fingerprint density at radius 1 is 1.44 bits per heavy atom. The van der Waals surface area contributed by atoms with Gasteiger partial charge in [0.15, 0.2) is 0 Å². The minimum Gasteiger partial charge on any atom is -0.327 e. The van der Waals surface area contributed by atoms with Crippen molar-refractivity contribution in [3.63, 3.8) is 0 Å². The Bertz CT molecular complexity index is 401. The number of nitrogens with two attached hydrogens (primary N) is 1. The van der Waals surface area contributed by atoms with Crippen molar-refractivity contribution in [3.8, 4) is 0 Å². The maximum atomic E-state index is 11.9. The topological polar surface area (TPSA) is 60.9 Å². The number of ketones is 1. The first-order valence-corrected chi connectivity index (χ1v) is 6.51. The maximum absolute atomic E-state index is 11.9. The van der Waals surface area contributed by atoms with E-state index in [-0.39, 0.29) is 17.2 Å². The maximum Gasteiger partial charge on any atom is 0.140 e. The molecular weight excluding hydrogens is 226 g/mol. The largest absolute Gasteiger partial charge is 0.327 e. The molecule has 0 aliphatic carbocycles. The molecule has 0 amide bonds. The van der Waals surface area contributed by atoms with Crippen molar-refractivity contribution in [1.29, 1.82) is 0 Å². The van der Waals surface area contributed by atoms with Gasteiger partial charge in [-0.05, 0) is 25.3 Å². The van der Waals surface area contributed by atoms with E-state index in [1.807, 2.05) is 16.9 Å². The van der Waals surface area contributed by atoms with Crippen molar-refractivity contribution in [2.24, 2.45) is 11.1 Å². The minimum atomic E-state index is -0.0998. The van der Waals surface area contributed by atoms with Crippen molar-refractivity contribution in [2.45, 2.75) is 59.5 Å². The van der Waals surface area contributed by atoms with Gasteiger partial charge in [-0.15, -0.1) is 0 Å². The lowest BCUT2D eigenvalue weighted by molar-refractivity contribution is -0.119. The average molecular weight is 251 g/mol. The van der Waals surface area contributed by atoms with E-state index in [0.717, 1.165) is 5.69 Å². The standard InChI is InChI=1S/C14H25N3O/c1-10(2)17-7-6-11(16-17)8-12(18)9-13(15)14(3,4)5/h6-7,10,13H,8-9,15H2,1-5H3. The third-order valence-electron chi connectivity index (χ3n) is 3.13. The quantitative estimate of drug-likeness (QED) is 0.873. The van der Waals surface area contributed by atoms with Crippen LogP contribution in [0.2, 0.25) is 0 Å². The highest BCUT2D eigenvalue weighted by Crippen LogP contribution is 2.20.